The van der Waals surface area contributed by atoms with Gasteiger partial charge in [-0.05, 0) is 44.4 Å². The fourth-order valence-electron chi connectivity index (χ4n) is 1.93. The van der Waals surface area contributed by atoms with E-state index in [9.17, 15) is 13.2 Å². The number of nitrogens with two attached hydrogens (primary N) is 1. The second kappa shape index (κ2) is 6.15. The topological polar surface area (TPSA) is 80.5 Å². The Kier molecular flexibility index (Phi) is 5.17. The zero-order chi connectivity index (χ0) is 16.4. The zero-order valence-corrected chi connectivity index (χ0v) is 14.1. The minimum absolute atomic E-state index is 0.0363. The van der Waals surface area contributed by atoms with Gasteiger partial charge in [0.15, 0.2) is 0 Å². The van der Waals surface area contributed by atoms with Crippen LogP contribution >= 0.6 is 0 Å². The lowest BCUT2D eigenvalue weighted by Crippen LogP contribution is -2.44. The second-order valence-corrected chi connectivity index (χ2v) is 7.31. The van der Waals surface area contributed by atoms with Gasteiger partial charge in [0.05, 0.1) is 4.90 Å². The third-order valence-electron chi connectivity index (χ3n) is 4.10. The summed E-state index contributed by atoms with van der Waals surface area (Å²) >= 11 is 0. The van der Waals surface area contributed by atoms with Crippen LogP contribution in [0.5, 0.6) is 0 Å². The lowest BCUT2D eigenvalue weighted by atomic mass is 9.97. The number of carbonyl (C=O) groups is 1. The van der Waals surface area contributed by atoms with E-state index in [-0.39, 0.29) is 16.3 Å². The molecular formula is C15H24N2O3S. The van der Waals surface area contributed by atoms with Crippen LogP contribution in [-0.2, 0) is 16.4 Å². The first kappa shape index (κ1) is 17.7. The largest absolute Gasteiger partial charge is 0.337 e. The maximum atomic E-state index is 12.7. The van der Waals surface area contributed by atoms with Crippen molar-refractivity contribution in [2.45, 2.75) is 51.0 Å². The number of aryl methyl sites for hydroxylation is 1. The van der Waals surface area contributed by atoms with Gasteiger partial charge in [0.1, 0.15) is 0 Å². The molecule has 0 saturated carbocycles. The van der Waals surface area contributed by atoms with Gasteiger partial charge in [-0.3, -0.25) is 4.79 Å². The average molecular weight is 312 g/mol. The molecule has 0 aliphatic carbocycles. The number of carbonyl (C=O) groups excluding carboxylic acids is 1. The lowest BCUT2D eigenvalue weighted by Gasteiger charge is -2.35. The van der Waals surface area contributed by atoms with Crippen molar-refractivity contribution in [1.29, 1.82) is 0 Å². The Labute approximate surface area is 127 Å². The molecule has 5 nitrogen and oxygen atoms in total. The fraction of sp³-hybridized carbons (Fsp3) is 0.533. The molecule has 2 N–H and O–H groups in total. The van der Waals surface area contributed by atoms with E-state index in [0.29, 0.717) is 12.0 Å². The molecule has 0 aliphatic rings. The molecule has 0 unspecified atom stereocenters. The van der Waals surface area contributed by atoms with Crippen LogP contribution in [0, 0.1) is 0 Å². The summed E-state index contributed by atoms with van der Waals surface area (Å²) in [6.07, 6.45) is 1.44. The summed E-state index contributed by atoms with van der Waals surface area (Å²) < 4.78 is 23.0. The first-order chi connectivity index (χ1) is 9.54. The molecule has 1 aromatic rings. The molecule has 0 aliphatic heterocycles. The number of sulfonamides is 1. The molecule has 0 bridgehead atoms. The highest BCUT2D eigenvalue weighted by atomic mass is 32.2. The van der Waals surface area contributed by atoms with Crippen molar-refractivity contribution in [3.63, 3.8) is 0 Å². The highest BCUT2D eigenvalue weighted by molar-refractivity contribution is 7.89. The van der Waals surface area contributed by atoms with Crippen molar-refractivity contribution >= 4 is 15.9 Å². The highest BCUT2D eigenvalue weighted by Crippen LogP contribution is 2.23. The van der Waals surface area contributed by atoms with E-state index in [1.807, 2.05) is 27.7 Å². The number of rotatable bonds is 5. The van der Waals surface area contributed by atoms with Crippen LogP contribution in [0.3, 0.4) is 0 Å². The summed E-state index contributed by atoms with van der Waals surface area (Å²) in [5.41, 5.74) is 0.902. The Morgan fingerprint density at radius 3 is 2.29 bits per heavy atom. The molecule has 0 saturated heterocycles. The molecule has 0 aromatic heterocycles. The van der Waals surface area contributed by atoms with Gasteiger partial charge in [-0.1, -0.05) is 19.9 Å². The Hall–Kier alpha value is -1.40. The van der Waals surface area contributed by atoms with Crippen LogP contribution in [0.2, 0.25) is 0 Å². The van der Waals surface area contributed by atoms with Gasteiger partial charge in [-0.15, -0.1) is 0 Å². The van der Waals surface area contributed by atoms with Crippen LogP contribution in [-0.4, -0.2) is 31.8 Å². The van der Waals surface area contributed by atoms with Crippen LogP contribution in [0.25, 0.3) is 0 Å². The molecule has 0 spiro atoms. The number of primary sulfonamides is 1. The standard InChI is InChI=1S/C15H24N2O3S/c1-6-11-8-9-12(21(16,19)20)10-13(11)14(18)17(5)15(3,4)7-2/h8-10H,6-7H2,1-5H3,(H2,16,19,20). The molecular weight excluding hydrogens is 288 g/mol. The molecule has 21 heavy (non-hydrogen) atoms. The van der Waals surface area contributed by atoms with Crippen LogP contribution in [0.1, 0.15) is 50.0 Å². The van der Waals surface area contributed by atoms with Crippen LogP contribution in [0.15, 0.2) is 23.1 Å². The number of hydrogen-bond donors (Lipinski definition) is 1. The van der Waals surface area contributed by atoms with Gasteiger partial charge in [0, 0.05) is 18.2 Å². The minimum atomic E-state index is -3.82. The molecule has 0 fully saturated rings. The molecule has 0 radical (unpaired) electrons. The summed E-state index contributed by atoms with van der Waals surface area (Å²) in [7, 11) is -2.09. The van der Waals surface area contributed by atoms with Crippen molar-refractivity contribution in [3.8, 4) is 0 Å². The summed E-state index contributed by atoms with van der Waals surface area (Å²) in [5, 5.41) is 5.15. The molecule has 118 valence electrons. The second-order valence-electron chi connectivity index (χ2n) is 5.75. The Bertz CT molecular complexity index is 636. The highest BCUT2D eigenvalue weighted by Gasteiger charge is 2.28. The monoisotopic (exact) mass is 312 g/mol. The van der Waals surface area contributed by atoms with E-state index < -0.39 is 10.0 Å². The number of benzene rings is 1. The van der Waals surface area contributed by atoms with E-state index in [1.54, 1.807) is 18.0 Å². The fourth-order valence-corrected chi connectivity index (χ4v) is 2.47. The molecule has 0 atom stereocenters. The molecule has 1 rings (SSSR count). The maximum absolute atomic E-state index is 12.7. The quantitative estimate of drug-likeness (QED) is 0.904. The van der Waals surface area contributed by atoms with Gasteiger partial charge in [0.2, 0.25) is 10.0 Å². The third kappa shape index (κ3) is 3.83. The first-order valence-electron chi connectivity index (χ1n) is 6.98. The zero-order valence-electron chi connectivity index (χ0n) is 13.3. The van der Waals surface area contributed by atoms with Gasteiger partial charge >= 0.3 is 0 Å². The normalized spacial score (nSPS) is 12.3. The van der Waals surface area contributed by atoms with E-state index in [0.717, 1.165) is 12.0 Å². The van der Waals surface area contributed by atoms with Crippen molar-refractivity contribution in [3.05, 3.63) is 29.3 Å². The van der Waals surface area contributed by atoms with Crippen molar-refractivity contribution in [1.82, 2.24) is 4.90 Å². The summed E-state index contributed by atoms with van der Waals surface area (Å²) in [5.74, 6) is -0.191. The maximum Gasteiger partial charge on any atom is 0.254 e. The van der Waals surface area contributed by atoms with Gasteiger partial charge in [0.25, 0.3) is 5.91 Å². The number of amides is 1. The average Bonchev–Trinajstić information content (AvgIpc) is 2.43. The molecule has 1 aromatic carbocycles. The lowest BCUT2D eigenvalue weighted by molar-refractivity contribution is 0.0619. The Morgan fingerprint density at radius 2 is 1.86 bits per heavy atom. The van der Waals surface area contributed by atoms with Gasteiger partial charge in [-0.25, -0.2) is 13.6 Å². The summed E-state index contributed by atoms with van der Waals surface area (Å²) in [4.78, 5) is 14.3. The first-order valence-corrected chi connectivity index (χ1v) is 8.53. The minimum Gasteiger partial charge on any atom is -0.337 e. The van der Waals surface area contributed by atoms with Gasteiger partial charge < -0.3 is 4.90 Å². The van der Waals surface area contributed by atoms with E-state index >= 15 is 0 Å². The smallest absolute Gasteiger partial charge is 0.254 e. The van der Waals surface area contributed by atoms with Gasteiger partial charge in [-0.2, -0.15) is 0 Å². The van der Waals surface area contributed by atoms with Crippen molar-refractivity contribution in [2.24, 2.45) is 5.14 Å². The molecule has 6 heteroatoms. The SMILES string of the molecule is CCc1ccc(S(N)(=O)=O)cc1C(=O)N(C)C(C)(C)CC. The summed E-state index contributed by atoms with van der Waals surface area (Å²) in [6, 6.07) is 4.47. The van der Waals surface area contributed by atoms with Crippen LogP contribution in [0.4, 0.5) is 0 Å². The predicted molar refractivity (Wildman–Crippen MR) is 83.7 cm³/mol. The Morgan fingerprint density at radius 1 is 1.29 bits per heavy atom. The van der Waals surface area contributed by atoms with E-state index in [2.05, 4.69) is 0 Å². The molecule has 1 amide bonds. The number of nitrogens with zero attached hydrogens (tertiary/aromatic N) is 1. The molecule has 0 heterocycles. The predicted octanol–water partition coefficient (Wildman–Crippen LogP) is 2.16. The third-order valence-corrected chi connectivity index (χ3v) is 5.01. The van der Waals surface area contributed by atoms with Crippen molar-refractivity contribution in [2.75, 3.05) is 7.05 Å². The number of hydrogen-bond acceptors (Lipinski definition) is 3. The van der Waals surface area contributed by atoms with E-state index in [4.69, 9.17) is 5.14 Å². The van der Waals surface area contributed by atoms with Crippen LogP contribution < -0.4 is 5.14 Å². The van der Waals surface area contributed by atoms with E-state index in [1.165, 1.54) is 12.1 Å². The van der Waals surface area contributed by atoms with Crippen molar-refractivity contribution < 1.29 is 13.2 Å². The summed E-state index contributed by atoms with van der Waals surface area (Å²) in [6.45, 7) is 7.87. The Balaban J connectivity index is 3.37.